The van der Waals surface area contributed by atoms with Crippen LogP contribution in [0.2, 0.25) is 5.02 Å². The Morgan fingerprint density at radius 3 is 2.48 bits per heavy atom. The van der Waals surface area contributed by atoms with Crippen LogP contribution in [0.1, 0.15) is 15.4 Å². The van der Waals surface area contributed by atoms with Crippen molar-refractivity contribution in [2.75, 3.05) is 31.1 Å². The van der Waals surface area contributed by atoms with E-state index < -0.39 is 15.9 Å². The first-order valence-corrected chi connectivity index (χ1v) is 12.4. The predicted octanol–water partition coefficient (Wildman–Crippen LogP) is 3.24. The number of amides is 1. The first kappa shape index (κ1) is 21.8. The molecule has 3 heterocycles. The number of pyridine rings is 1. The molecular formula is C21H21ClN4O3S2. The molecule has 0 atom stereocenters. The van der Waals surface area contributed by atoms with Crippen molar-refractivity contribution >= 4 is 44.6 Å². The standard InChI is InChI=1S/C21H21ClN4O3S2/c22-16-4-6-18(7-5-16)25-10-12-26(13-11-25)31(28,29)19-8-14-30-20(19)21(27)24-15-17-3-1-2-9-23-17/h1-9,14H,10-13,15H2,(H,24,27). The maximum Gasteiger partial charge on any atom is 0.263 e. The van der Waals surface area contributed by atoms with Crippen LogP contribution < -0.4 is 10.2 Å². The normalized spacial score (nSPS) is 15.1. The van der Waals surface area contributed by atoms with Crippen LogP contribution in [0.3, 0.4) is 0 Å². The molecule has 0 saturated carbocycles. The maximum atomic E-state index is 13.2. The fourth-order valence-electron chi connectivity index (χ4n) is 3.40. The second-order valence-corrected chi connectivity index (χ2v) is 10.2. The van der Waals surface area contributed by atoms with E-state index >= 15 is 0 Å². The van der Waals surface area contributed by atoms with Gasteiger partial charge in [0.2, 0.25) is 10.0 Å². The highest BCUT2D eigenvalue weighted by molar-refractivity contribution is 7.89. The summed E-state index contributed by atoms with van der Waals surface area (Å²) in [6, 6.07) is 14.4. The lowest BCUT2D eigenvalue weighted by Gasteiger charge is -2.35. The zero-order valence-corrected chi connectivity index (χ0v) is 19.0. The van der Waals surface area contributed by atoms with Crippen LogP contribution in [0.25, 0.3) is 0 Å². The molecule has 1 N–H and O–H groups in total. The zero-order valence-electron chi connectivity index (χ0n) is 16.6. The molecule has 4 rings (SSSR count). The quantitative estimate of drug-likeness (QED) is 0.590. The van der Waals surface area contributed by atoms with Crippen molar-refractivity contribution in [1.82, 2.24) is 14.6 Å². The summed E-state index contributed by atoms with van der Waals surface area (Å²) in [5.41, 5.74) is 1.71. The van der Waals surface area contributed by atoms with Crippen LogP contribution in [0, 0.1) is 0 Å². The highest BCUT2D eigenvalue weighted by atomic mass is 35.5. The number of hydrogen-bond donors (Lipinski definition) is 1. The number of hydrogen-bond acceptors (Lipinski definition) is 6. The summed E-state index contributed by atoms with van der Waals surface area (Å²) in [4.78, 5) is 19.2. The zero-order chi connectivity index (χ0) is 21.8. The molecular weight excluding hydrogens is 456 g/mol. The summed E-state index contributed by atoms with van der Waals surface area (Å²) in [5.74, 6) is -0.418. The van der Waals surface area contributed by atoms with Gasteiger partial charge in [0.25, 0.3) is 5.91 Å². The second kappa shape index (κ2) is 9.35. The Labute approximate surface area is 190 Å². The Bertz CT molecular complexity index is 1140. The minimum absolute atomic E-state index is 0.0518. The van der Waals surface area contributed by atoms with Crippen molar-refractivity contribution in [3.63, 3.8) is 0 Å². The molecule has 7 nitrogen and oxygen atoms in total. The van der Waals surface area contributed by atoms with Gasteiger partial charge in [-0.05, 0) is 47.8 Å². The molecule has 1 fully saturated rings. The summed E-state index contributed by atoms with van der Waals surface area (Å²) in [6.07, 6.45) is 1.65. The Morgan fingerprint density at radius 1 is 1.06 bits per heavy atom. The number of thiophene rings is 1. The largest absolute Gasteiger partial charge is 0.369 e. The molecule has 0 radical (unpaired) electrons. The number of sulfonamides is 1. The number of aromatic nitrogens is 1. The molecule has 1 aliphatic heterocycles. The Hall–Kier alpha value is -2.46. The van der Waals surface area contributed by atoms with Crippen LogP contribution in [-0.4, -0.2) is 49.8 Å². The van der Waals surface area contributed by atoms with E-state index in [0.717, 1.165) is 17.0 Å². The van der Waals surface area contributed by atoms with Crippen molar-refractivity contribution in [3.8, 4) is 0 Å². The Balaban J connectivity index is 1.43. The highest BCUT2D eigenvalue weighted by Crippen LogP contribution is 2.27. The van der Waals surface area contributed by atoms with E-state index in [1.165, 1.54) is 10.4 Å². The number of carbonyl (C=O) groups excluding carboxylic acids is 1. The van der Waals surface area contributed by atoms with E-state index in [1.807, 2.05) is 30.3 Å². The molecule has 1 aliphatic rings. The SMILES string of the molecule is O=C(NCc1ccccn1)c1sccc1S(=O)(=O)N1CCN(c2ccc(Cl)cc2)CC1. The summed E-state index contributed by atoms with van der Waals surface area (Å²) in [7, 11) is -3.77. The van der Waals surface area contributed by atoms with Crippen LogP contribution >= 0.6 is 22.9 Å². The van der Waals surface area contributed by atoms with Gasteiger partial charge >= 0.3 is 0 Å². The number of nitrogens with one attached hydrogen (secondary N) is 1. The number of anilines is 1. The molecule has 0 aliphatic carbocycles. The number of benzene rings is 1. The van der Waals surface area contributed by atoms with Crippen molar-refractivity contribution in [2.45, 2.75) is 11.4 Å². The van der Waals surface area contributed by atoms with E-state index in [4.69, 9.17) is 11.6 Å². The average Bonchev–Trinajstić information content (AvgIpc) is 3.30. The Morgan fingerprint density at radius 2 is 1.81 bits per heavy atom. The van der Waals surface area contributed by atoms with E-state index in [-0.39, 0.29) is 16.3 Å². The summed E-state index contributed by atoms with van der Waals surface area (Å²) in [5, 5.41) is 5.05. The third kappa shape index (κ3) is 4.90. The molecule has 162 valence electrons. The first-order valence-electron chi connectivity index (χ1n) is 9.71. The van der Waals surface area contributed by atoms with Crippen molar-refractivity contribution < 1.29 is 13.2 Å². The van der Waals surface area contributed by atoms with Gasteiger partial charge in [0.15, 0.2) is 0 Å². The number of rotatable bonds is 6. The van der Waals surface area contributed by atoms with E-state index in [1.54, 1.807) is 23.7 Å². The minimum Gasteiger partial charge on any atom is -0.369 e. The van der Waals surface area contributed by atoms with Crippen LogP contribution in [0.15, 0.2) is 65.0 Å². The van der Waals surface area contributed by atoms with Crippen molar-refractivity contribution in [2.24, 2.45) is 0 Å². The van der Waals surface area contributed by atoms with Gasteiger partial charge in [0.1, 0.15) is 9.77 Å². The van der Waals surface area contributed by atoms with Gasteiger partial charge in [0, 0.05) is 43.1 Å². The van der Waals surface area contributed by atoms with Gasteiger partial charge in [0.05, 0.1) is 12.2 Å². The number of piperazine rings is 1. The van der Waals surface area contributed by atoms with Gasteiger partial charge in [-0.1, -0.05) is 17.7 Å². The van der Waals surface area contributed by atoms with Crippen LogP contribution in [-0.2, 0) is 16.6 Å². The number of carbonyl (C=O) groups is 1. The van der Waals surface area contributed by atoms with Gasteiger partial charge in [-0.15, -0.1) is 11.3 Å². The molecule has 0 spiro atoms. The smallest absolute Gasteiger partial charge is 0.263 e. The van der Waals surface area contributed by atoms with Crippen molar-refractivity contribution in [1.29, 1.82) is 0 Å². The fraction of sp³-hybridized carbons (Fsp3) is 0.238. The molecule has 3 aromatic rings. The lowest BCUT2D eigenvalue weighted by molar-refractivity contribution is 0.0951. The molecule has 31 heavy (non-hydrogen) atoms. The molecule has 1 saturated heterocycles. The molecule has 1 aromatic carbocycles. The van der Waals surface area contributed by atoms with E-state index in [0.29, 0.717) is 36.9 Å². The van der Waals surface area contributed by atoms with Gasteiger partial charge < -0.3 is 10.2 Å². The summed E-state index contributed by atoms with van der Waals surface area (Å²) < 4.78 is 27.9. The lowest BCUT2D eigenvalue weighted by atomic mass is 10.2. The van der Waals surface area contributed by atoms with Crippen LogP contribution in [0.4, 0.5) is 5.69 Å². The van der Waals surface area contributed by atoms with Gasteiger partial charge in [-0.2, -0.15) is 4.31 Å². The van der Waals surface area contributed by atoms with Crippen LogP contribution in [0.5, 0.6) is 0 Å². The van der Waals surface area contributed by atoms with Gasteiger partial charge in [-0.25, -0.2) is 8.42 Å². The lowest BCUT2D eigenvalue weighted by Crippen LogP contribution is -2.48. The fourth-order valence-corrected chi connectivity index (χ4v) is 6.26. The molecule has 0 bridgehead atoms. The first-order chi connectivity index (χ1) is 14.9. The highest BCUT2D eigenvalue weighted by Gasteiger charge is 2.32. The summed E-state index contributed by atoms with van der Waals surface area (Å²) in [6.45, 7) is 2.04. The third-order valence-electron chi connectivity index (χ3n) is 5.04. The molecule has 10 heteroatoms. The van der Waals surface area contributed by atoms with Crippen molar-refractivity contribution in [3.05, 3.63) is 75.7 Å². The average molecular weight is 477 g/mol. The minimum atomic E-state index is -3.77. The van der Waals surface area contributed by atoms with E-state index in [2.05, 4.69) is 15.2 Å². The molecule has 1 amide bonds. The summed E-state index contributed by atoms with van der Waals surface area (Å²) >= 11 is 7.07. The third-order valence-corrected chi connectivity index (χ3v) is 8.28. The topological polar surface area (TPSA) is 82.6 Å². The predicted molar refractivity (Wildman–Crippen MR) is 122 cm³/mol. The Kier molecular flexibility index (Phi) is 6.57. The maximum absolute atomic E-state index is 13.2. The molecule has 0 unspecified atom stereocenters. The number of nitrogens with zero attached hydrogens (tertiary/aromatic N) is 3. The monoisotopic (exact) mass is 476 g/mol. The number of halogens is 1. The van der Waals surface area contributed by atoms with Gasteiger partial charge in [-0.3, -0.25) is 9.78 Å². The van der Waals surface area contributed by atoms with E-state index in [9.17, 15) is 13.2 Å². The second-order valence-electron chi connectivity index (χ2n) is 6.99. The molecule has 2 aromatic heterocycles.